The third-order valence-electron chi connectivity index (χ3n) is 4.53. The molecule has 0 unspecified atom stereocenters. The fourth-order valence-corrected chi connectivity index (χ4v) is 2.93. The Morgan fingerprint density at radius 1 is 1.00 bits per heavy atom. The van der Waals surface area contributed by atoms with Crippen LogP contribution in [0.1, 0.15) is 16.7 Å². The van der Waals surface area contributed by atoms with Gasteiger partial charge in [-0.2, -0.15) is 18.3 Å². The molecule has 0 saturated carbocycles. The van der Waals surface area contributed by atoms with E-state index in [2.05, 4.69) is 10.4 Å². The van der Waals surface area contributed by atoms with Gasteiger partial charge in [0.05, 0.1) is 18.9 Å². The molecule has 0 atom stereocenters. The summed E-state index contributed by atoms with van der Waals surface area (Å²) in [5.74, 6) is -1.45. The first kappa shape index (κ1) is 25.6. The molecule has 0 fully saturated rings. The number of hydrazone groups is 1. The summed E-state index contributed by atoms with van der Waals surface area (Å²) in [6, 6.07) is 16.0. The fourth-order valence-electron chi connectivity index (χ4n) is 2.80. The van der Waals surface area contributed by atoms with Crippen LogP contribution in [-0.4, -0.2) is 25.1 Å². The molecule has 0 aliphatic carbocycles. The van der Waals surface area contributed by atoms with Gasteiger partial charge in [0.25, 0.3) is 0 Å². The Kier molecular flexibility index (Phi) is 8.32. The quantitative estimate of drug-likeness (QED) is 0.268. The first-order valence-corrected chi connectivity index (χ1v) is 10.4. The summed E-state index contributed by atoms with van der Waals surface area (Å²) in [5.41, 5.74) is 2.32. The summed E-state index contributed by atoms with van der Waals surface area (Å²) in [5, 5.41) is 6.40. The van der Waals surface area contributed by atoms with Crippen molar-refractivity contribution in [1.29, 1.82) is 0 Å². The van der Waals surface area contributed by atoms with E-state index in [9.17, 15) is 22.8 Å². The van der Waals surface area contributed by atoms with Crippen LogP contribution in [0.25, 0.3) is 0 Å². The van der Waals surface area contributed by atoms with Gasteiger partial charge in [-0.05, 0) is 59.7 Å². The number of hydrogen-bond donors (Lipinski definition) is 2. The lowest BCUT2D eigenvalue weighted by Crippen LogP contribution is -2.32. The topological polar surface area (TPSA) is 89.0 Å². The molecule has 11 heteroatoms. The molecule has 0 bridgehead atoms. The van der Waals surface area contributed by atoms with E-state index in [1.54, 1.807) is 30.3 Å². The molecular formula is C24H19ClF3N3O4. The number of carbonyl (C=O) groups is 2. The van der Waals surface area contributed by atoms with E-state index >= 15 is 0 Å². The second-order valence-corrected chi connectivity index (χ2v) is 7.49. The lowest BCUT2D eigenvalue weighted by molar-refractivity contribution is -0.137. The number of ether oxygens (including phenoxy) is 2. The van der Waals surface area contributed by atoms with E-state index in [4.69, 9.17) is 21.1 Å². The number of hydrogen-bond acceptors (Lipinski definition) is 5. The van der Waals surface area contributed by atoms with E-state index in [0.29, 0.717) is 22.1 Å². The molecule has 3 aromatic carbocycles. The highest BCUT2D eigenvalue weighted by atomic mass is 35.5. The Morgan fingerprint density at radius 3 is 2.43 bits per heavy atom. The van der Waals surface area contributed by atoms with Crippen LogP contribution in [0.2, 0.25) is 5.02 Å². The molecule has 2 N–H and O–H groups in total. The van der Waals surface area contributed by atoms with Gasteiger partial charge in [-0.25, -0.2) is 5.43 Å². The maximum absolute atomic E-state index is 12.8. The highest BCUT2D eigenvalue weighted by Crippen LogP contribution is 2.31. The lowest BCUT2D eigenvalue weighted by Gasteiger charge is -2.11. The zero-order chi connectivity index (χ0) is 25.4. The number of carbonyl (C=O) groups excluding carboxylic acids is 2. The number of rotatable bonds is 7. The highest BCUT2D eigenvalue weighted by molar-refractivity contribution is 6.39. The van der Waals surface area contributed by atoms with Crippen molar-refractivity contribution in [3.63, 3.8) is 0 Å². The predicted octanol–water partition coefficient (Wildman–Crippen LogP) is 5.04. The van der Waals surface area contributed by atoms with Crippen molar-refractivity contribution in [2.24, 2.45) is 5.10 Å². The van der Waals surface area contributed by atoms with Gasteiger partial charge in [-0.15, -0.1) is 0 Å². The molecule has 0 radical (unpaired) electrons. The van der Waals surface area contributed by atoms with E-state index in [-0.39, 0.29) is 12.3 Å². The molecule has 3 aromatic rings. The van der Waals surface area contributed by atoms with Crippen LogP contribution in [0, 0.1) is 0 Å². The second-order valence-electron chi connectivity index (χ2n) is 7.06. The summed E-state index contributed by atoms with van der Waals surface area (Å²) in [4.78, 5) is 23.9. The van der Waals surface area contributed by atoms with Gasteiger partial charge in [0.1, 0.15) is 6.61 Å². The molecule has 0 heterocycles. The molecule has 35 heavy (non-hydrogen) atoms. The van der Waals surface area contributed by atoms with Crippen molar-refractivity contribution in [3.05, 3.63) is 88.4 Å². The van der Waals surface area contributed by atoms with Gasteiger partial charge in [0.15, 0.2) is 11.5 Å². The number of nitrogens with zero attached hydrogens (tertiary/aromatic N) is 1. The average molecular weight is 506 g/mol. The number of methoxy groups -OCH3 is 1. The smallest absolute Gasteiger partial charge is 0.416 e. The van der Waals surface area contributed by atoms with E-state index < -0.39 is 23.6 Å². The van der Waals surface area contributed by atoms with Crippen LogP contribution in [0.4, 0.5) is 18.9 Å². The Morgan fingerprint density at radius 2 is 1.74 bits per heavy atom. The number of nitrogens with one attached hydrogen (secondary N) is 2. The van der Waals surface area contributed by atoms with Crippen molar-refractivity contribution < 1.29 is 32.2 Å². The highest BCUT2D eigenvalue weighted by Gasteiger charge is 2.30. The van der Waals surface area contributed by atoms with Gasteiger partial charge >= 0.3 is 18.0 Å². The zero-order valence-corrected chi connectivity index (χ0v) is 19.0. The van der Waals surface area contributed by atoms with Gasteiger partial charge in [-0.3, -0.25) is 9.59 Å². The molecule has 0 aliphatic heterocycles. The largest absolute Gasteiger partial charge is 0.493 e. The van der Waals surface area contributed by atoms with Crippen LogP contribution in [-0.2, 0) is 22.4 Å². The average Bonchev–Trinajstić information content (AvgIpc) is 2.83. The third kappa shape index (κ3) is 7.47. The lowest BCUT2D eigenvalue weighted by atomic mass is 10.2. The normalized spacial score (nSPS) is 11.2. The fraction of sp³-hybridized carbons (Fsp3) is 0.125. The molecule has 0 saturated heterocycles. The minimum Gasteiger partial charge on any atom is -0.493 e. The summed E-state index contributed by atoms with van der Waals surface area (Å²) in [7, 11) is 1.46. The van der Waals surface area contributed by atoms with Crippen LogP contribution in [0.15, 0.2) is 71.8 Å². The van der Waals surface area contributed by atoms with E-state index in [0.717, 1.165) is 23.8 Å². The maximum atomic E-state index is 12.8. The van der Waals surface area contributed by atoms with Gasteiger partial charge < -0.3 is 14.8 Å². The van der Waals surface area contributed by atoms with Gasteiger partial charge in [0.2, 0.25) is 0 Å². The molecular weight excluding hydrogens is 487 g/mol. The Balaban J connectivity index is 1.56. The molecule has 0 spiro atoms. The molecule has 7 nitrogen and oxygen atoms in total. The number of anilines is 1. The minimum absolute atomic E-state index is 0.178. The van der Waals surface area contributed by atoms with E-state index in [1.165, 1.54) is 19.4 Å². The number of alkyl halides is 3. The van der Waals surface area contributed by atoms with Gasteiger partial charge in [-0.1, -0.05) is 29.8 Å². The monoisotopic (exact) mass is 505 g/mol. The molecule has 182 valence electrons. The van der Waals surface area contributed by atoms with Crippen molar-refractivity contribution in [2.45, 2.75) is 12.8 Å². The molecule has 0 aromatic heterocycles. The first-order valence-electron chi connectivity index (χ1n) is 10.0. The first-order chi connectivity index (χ1) is 16.7. The van der Waals surface area contributed by atoms with Crippen LogP contribution in [0.3, 0.4) is 0 Å². The molecule has 0 aliphatic rings. The maximum Gasteiger partial charge on any atom is 0.416 e. The molecule has 3 rings (SSSR count). The number of benzene rings is 3. The van der Waals surface area contributed by atoms with Crippen molar-refractivity contribution in [2.75, 3.05) is 12.4 Å². The second kappa shape index (κ2) is 11.4. The van der Waals surface area contributed by atoms with Crippen LogP contribution >= 0.6 is 11.6 Å². The summed E-state index contributed by atoms with van der Waals surface area (Å²) in [6.07, 6.45) is -3.31. The predicted molar refractivity (Wildman–Crippen MR) is 125 cm³/mol. The summed E-state index contributed by atoms with van der Waals surface area (Å²) < 4.78 is 49.4. The molecule has 2 amide bonds. The van der Waals surface area contributed by atoms with Crippen LogP contribution < -0.4 is 20.2 Å². The van der Waals surface area contributed by atoms with E-state index in [1.807, 2.05) is 17.6 Å². The van der Waals surface area contributed by atoms with Gasteiger partial charge in [0, 0.05) is 10.7 Å². The number of halogens is 4. The summed E-state index contributed by atoms with van der Waals surface area (Å²) in [6.45, 7) is 0.290. The standard InChI is InChI=1S/C24H19ClF3N3O4/c1-34-21-11-16(7-10-20(21)35-14-15-5-8-18(25)9-6-15)13-29-31-23(33)22(32)30-19-4-2-3-17(12-19)24(26,27)28/h2-13H,14H2,1H3,(H,30,32)(H,31,33)/b29-13+. The van der Waals surface area contributed by atoms with Crippen molar-refractivity contribution in [3.8, 4) is 11.5 Å². The zero-order valence-electron chi connectivity index (χ0n) is 18.2. The SMILES string of the molecule is COc1cc(/C=N/NC(=O)C(=O)Nc2cccc(C(F)(F)F)c2)ccc1OCc1ccc(Cl)cc1. The van der Waals surface area contributed by atoms with Crippen molar-refractivity contribution >= 4 is 35.3 Å². The number of amides is 2. The Labute approximate surface area is 203 Å². The van der Waals surface area contributed by atoms with Crippen LogP contribution in [0.5, 0.6) is 11.5 Å². The Bertz CT molecular complexity index is 1230. The minimum atomic E-state index is -4.58. The Hall–Kier alpha value is -4.05. The third-order valence-corrected chi connectivity index (χ3v) is 4.78. The summed E-state index contributed by atoms with van der Waals surface area (Å²) >= 11 is 5.87. The van der Waals surface area contributed by atoms with Crippen molar-refractivity contribution in [1.82, 2.24) is 5.43 Å².